The Bertz CT molecular complexity index is 818. The highest BCUT2D eigenvalue weighted by atomic mass is 32.2. The van der Waals surface area contributed by atoms with E-state index in [2.05, 4.69) is 25.5 Å². The molecule has 1 aliphatic heterocycles. The first kappa shape index (κ1) is 25.8. The minimum atomic E-state index is -1.07. The van der Waals surface area contributed by atoms with Crippen LogP contribution >= 0.6 is 0 Å². The summed E-state index contributed by atoms with van der Waals surface area (Å²) < 4.78 is 20.0. The molecule has 1 aromatic heterocycles. The van der Waals surface area contributed by atoms with E-state index in [-0.39, 0.29) is 5.56 Å². The summed E-state index contributed by atoms with van der Waals surface area (Å²) in [6, 6.07) is 12.8. The second-order valence-electron chi connectivity index (χ2n) is 7.17. The van der Waals surface area contributed by atoms with Gasteiger partial charge in [0.15, 0.2) is 0 Å². The number of ether oxygens (including phenoxy) is 1. The van der Waals surface area contributed by atoms with Crippen LogP contribution in [0.3, 0.4) is 0 Å². The van der Waals surface area contributed by atoms with Crippen LogP contribution in [0.1, 0.15) is 45.6 Å². The van der Waals surface area contributed by atoms with Crippen molar-refractivity contribution in [2.24, 2.45) is 5.92 Å². The van der Waals surface area contributed by atoms with Crippen LogP contribution in [0.25, 0.3) is 0 Å². The zero-order valence-electron chi connectivity index (χ0n) is 18.5. The van der Waals surface area contributed by atoms with Gasteiger partial charge in [0.05, 0.1) is 18.6 Å². The van der Waals surface area contributed by atoms with Gasteiger partial charge in [0.25, 0.3) is 12.0 Å². The van der Waals surface area contributed by atoms with Crippen LogP contribution < -0.4 is 5.56 Å². The normalized spacial score (nSPS) is 16.5. The van der Waals surface area contributed by atoms with E-state index in [1.54, 1.807) is 22.9 Å². The lowest BCUT2D eigenvalue weighted by Crippen LogP contribution is -2.23. The molecule has 2 heterocycles. The second kappa shape index (κ2) is 14.7. The van der Waals surface area contributed by atoms with Gasteiger partial charge in [0.2, 0.25) is 0 Å². The zero-order chi connectivity index (χ0) is 22.4. The number of benzene rings is 1. The van der Waals surface area contributed by atoms with Crippen LogP contribution in [-0.2, 0) is 27.1 Å². The lowest BCUT2D eigenvalue weighted by atomic mass is 10.2. The summed E-state index contributed by atoms with van der Waals surface area (Å²) in [6.45, 7) is 9.26. The fraction of sp³-hybridized carbons (Fsp3) is 0.478. The number of methoxy groups -OCH3 is 1. The molecule has 6 nitrogen and oxygen atoms in total. The molecular weight excluding hydrogens is 400 g/mol. The molecule has 1 aromatic carbocycles. The van der Waals surface area contributed by atoms with Gasteiger partial charge in [-0.25, -0.2) is 8.51 Å². The minimum Gasteiger partial charge on any atom is -0.471 e. The van der Waals surface area contributed by atoms with E-state index < -0.39 is 11.0 Å². The number of rotatable bonds is 6. The van der Waals surface area contributed by atoms with Gasteiger partial charge in [0, 0.05) is 25.4 Å². The van der Waals surface area contributed by atoms with Crippen molar-refractivity contribution in [2.45, 2.75) is 51.5 Å². The molecule has 3 rings (SSSR count). The van der Waals surface area contributed by atoms with Gasteiger partial charge >= 0.3 is 0 Å². The molecule has 0 amide bonds. The van der Waals surface area contributed by atoms with Crippen molar-refractivity contribution in [1.29, 1.82) is 0 Å². The highest BCUT2D eigenvalue weighted by Crippen LogP contribution is 2.21. The average molecular weight is 435 g/mol. The number of aromatic nitrogens is 1. The van der Waals surface area contributed by atoms with E-state index in [0.29, 0.717) is 18.9 Å². The maximum Gasteiger partial charge on any atom is 0.292 e. The Hall–Kier alpha value is -2.25. The van der Waals surface area contributed by atoms with Gasteiger partial charge in [0.1, 0.15) is 11.0 Å². The summed E-state index contributed by atoms with van der Waals surface area (Å²) in [5.41, 5.74) is 1.02. The predicted molar refractivity (Wildman–Crippen MR) is 122 cm³/mol. The number of nitrogens with zero attached hydrogens (tertiary/aromatic N) is 2. The van der Waals surface area contributed by atoms with Gasteiger partial charge in [-0.1, -0.05) is 51.8 Å². The number of unbranched alkanes of at least 4 members (excludes halogenated alkanes) is 1. The van der Waals surface area contributed by atoms with E-state index >= 15 is 0 Å². The van der Waals surface area contributed by atoms with E-state index in [1.807, 2.05) is 34.6 Å². The molecule has 0 bridgehead atoms. The monoisotopic (exact) mass is 434 g/mol. The third-order valence-electron chi connectivity index (χ3n) is 4.59. The molecule has 2 unspecified atom stereocenters. The van der Waals surface area contributed by atoms with Crippen molar-refractivity contribution in [3.05, 3.63) is 64.6 Å². The molecule has 2 atom stereocenters. The summed E-state index contributed by atoms with van der Waals surface area (Å²) in [6.07, 6.45) is 5.53. The Morgan fingerprint density at radius 3 is 2.23 bits per heavy atom. The molecule has 1 fully saturated rings. The Balaban J connectivity index is 0.000000485. The standard InChI is InChI=1S/C17H20N2O2S.C4H10.C2H4O2/c1-14-9-11-19(12-14)22(21)16-7-5-15(6-8-16)13-18-10-3-2-4-17(18)20;1-3-4-2;1-4-2-3/h2-8,10,14H,9,11-13H2,1H3;3-4H2,1-2H3;2H,1H3. The van der Waals surface area contributed by atoms with Crippen LogP contribution in [0, 0.1) is 5.92 Å². The molecule has 0 spiro atoms. The summed E-state index contributed by atoms with van der Waals surface area (Å²) >= 11 is 0. The maximum atomic E-state index is 12.5. The van der Waals surface area contributed by atoms with Crippen LogP contribution in [0.4, 0.5) is 0 Å². The van der Waals surface area contributed by atoms with Gasteiger partial charge in [-0.05, 0) is 36.1 Å². The topological polar surface area (TPSA) is 68.6 Å². The van der Waals surface area contributed by atoms with Crippen molar-refractivity contribution in [3.63, 3.8) is 0 Å². The van der Waals surface area contributed by atoms with Crippen LogP contribution in [0.2, 0.25) is 0 Å². The van der Waals surface area contributed by atoms with Gasteiger partial charge < -0.3 is 9.30 Å². The molecule has 0 radical (unpaired) electrons. The molecule has 1 saturated heterocycles. The third kappa shape index (κ3) is 9.05. The molecule has 0 N–H and O–H groups in total. The summed E-state index contributed by atoms with van der Waals surface area (Å²) in [7, 11) is 0.239. The van der Waals surface area contributed by atoms with E-state index in [4.69, 9.17) is 4.79 Å². The zero-order valence-corrected chi connectivity index (χ0v) is 19.3. The predicted octanol–water partition coefficient (Wildman–Crippen LogP) is 3.86. The Kier molecular flexibility index (Phi) is 12.6. The average Bonchev–Trinajstić information content (AvgIpc) is 3.22. The Morgan fingerprint density at radius 1 is 1.13 bits per heavy atom. The quantitative estimate of drug-likeness (QED) is 0.648. The third-order valence-corrected chi connectivity index (χ3v) is 6.07. The van der Waals surface area contributed by atoms with Crippen molar-refractivity contribution in [1.82, 2.24) is 8.87 Å². The summed E-state index contributed by atoms with van der Waals surface area (Å²) in [5, 5.41) is 0. The van der Waals surface area contributed by atoms with Crippen LogP contribution in [0.5, 0.6) is 0 Å². The minimum absolute atomic E-state index is 0.0128. The molecule has 30 heavy (non-hydrogen) atoms. The molecule has 1 aliphatic rings. The van der Waals surface area contributed by atoms with E-state index in [0.717, 1.165) is 30.0 Å². The number of carbonyl (C=O) groups is 1. The first-order valence-corrected chi connectivity index (χ1v) is 11.4. The van der Waals surface area contributed by atoms with Gasteiger partial charge in [-0.15, -0.1) is 0 Å². The molecule has 7 heteroatoms. The highest BCUT2D eigenvalue weighted by Gasteiger charge is 2.24. The van der Waals surface area contributed by atoms with Gasteiger partial charge in [-0.3, -0.25) is 9.59 Å². The lowest BCUT2D eigenvalue weighted by Gasteiger charge is -2.14. The Morgan fingerprint density at radius 2 is 1.77 bits per heavy atom. The number of carbonyl (C=O) groups excluding carboxylic acids is 1. The smallest absolute Gasteiger partial charge is 0.292 e. The summed E-state index contributed by atoms with van der Waals surface area (Å²) in [4.78, 5) is 21.5. The van der Waals surface area contributed by atoms with Crippen molar-refractivity contribution in [2.75, 3.05) is 20.2 Å². The molecule has 166 valence electrons. The molecule has 2 aromatic rings. The number of hydrogen-bond donors (Lipinski definition) is 0. The first-order valence-electron chi connectivity index (χ1n) is 10.3. The van der Waals surface area contributed by atoms with Crippen molar-refractivity contribution in [3.8, 4) is 0 Å². The van der Waals surface area contributed by atoms with E-state index in [1.165, 1.54) is 20.0 Å². The molecule has 0 saturated carbocycles. The van der Waals surface area contributed by atoms with Crippen LogP contribution in [0.15, 0.2) is 58.4 Å². The lowest BCUT2D eigenvalue weighted by molar-refractivity contribution is -0.126. The van der Waals surface area contributed by atoms with Crippen LogP contribution in [-0.4, -0.2) is 39.8 Å². The SMILES string of the molecule is CC1CCN(S(=O)c2ccc(Cn3ccccc3=O)cc2)C1.CCCC.COC=O. The number of pyridine rings is 1. The second-order valence-corrected chi connectivity index (χ2v) is 8.66. The Labute approximate surface area is 182 Å². The highest BCUT2D eigenvalue weighted by molar-refractivity contribution is 7.82. The van der Waals surface area contributed by atoms with Gasteiger partial charge in [-0.2, -0.15) is 0 Å². The fourth-order valence-corrected chi connectivity index (χ4v) is 4.02. The first-order chi connectivity index (χ1) is 14.5. The van der Waals surface area contributed by atoms with E-state index in [9.17, 15) is 9.00 Å². The molecule has 0 aliphatic carbocycles. The summed E-state index contributed by atoms with van der Waals surface area (Å²) in [5.74, 6) is 0.619. The number of hydrogen-bond acceptors (Lipinski definition) is 4. The van der Waals surface area contributed by atoms with Crippen molar-refractivity contribution < 1.29 is 13.7 Å². The fourth-order valence-electron chi connectivity index (χ4n) is 2.69. The largest absolute Gasteiger partial charge is 0.471 e. The molecular formula is C23H34N2O4S. The van der Waals surface area contributed by atoms with Crippen molar-refractivity contribution >= 4 is 17.5 Å². The maximum absolute atomic E-state index is 12.5.